The molecule has 3 nitrogen and oxygen atoms in total. The molecule has 3 aliphatic rings. The van der Waals surface area contributed by atoms with Gasteiger partial charge in [-0.15, -0.1) is 0 Å². The molecule has 0 aromatic rings. The number of hydrogen-bond donors (Lipinski definition) is 1. The average Bonchev–Trinajstić information content (AvgIpc) is 2.98. The molecule has 1 aliphatic carbocycles. The maximum atomic E-state index is 6.04. The zero-order valence-corrected chi connectivity index (χ0v) is 14.1. The van der Waals surface area contributed by atoms with E-state index < -0.39 is 0 Å². The van der Waals surface area contributed by atoms with Crippen molar-refractivity contribution in [3.05, 3.63) is 0 Å². The van der Waals surface area contributed by atoms with Crippen LogP contribution in [0.15, 0.2) is 0 Å². The van der Waals surface area contributed by atoms with Crippen LogP contribution in [0.3, 0.4) is 0 Å². The van der Waals surface area contributed by atoms with Gasteiger partial charge < -0.3 is 5.73 Å². The lowest BCUT2D eigenvalue weighted by atomic mass is 9.79. The second kappa shape index (κ2) is 6.97. The molecule has 3 heteroatoms. The van der Waals surface area contributed by atoms with Gasteiger partial charge in [0.05, 0.1) is 0 Å². The minimum atomic E-state index is 0.463. The molecule has 2 heterocycles. The molecule has 0 radical (unpaired) electrons. The minimum absolute atomic E-state index is 0.463. The Kier molecular flexibility index (Phi) is 5.23. The number of rotatable bonds is 3. The monoisotopic (exact) mass is 293 g/mol. The van der Waals surface area contributed by atoms with E-state index in [9.17, 15) is 0 Å². The molecule has 0 aromatic heterocycles. The van der Waals surface area contributed by atoms with E-state index in [1.807, 2.05) is 0 Å². The third kappa shape index (κ3) is 3.80. The van der Waals surface area contributed by atoms with Crippen LogP contribution >= 0.6 is 0 Å². The summed E-state index contributed by atoms with van der Waals surface area (Å²) in [5.74, 6) is 1.87. The van der Waals surface area contributed by atoms with Crippen LogP contribution in [-0.2, 0) is 0 Å². The van der Waals surface area contributed by atoms with E-state index in [0.29, 0.717) is 6.04 Å². The van der Waals surface area contributed by atoms with Gasteiger partial charge in [-0.2, -0.15) is 0 Å². The fourth-order valence-electron chi connectivity index (χ4n) is 4.82. The Morgan fingerprint density at radius 2 is 1.38 bits per heavy atom. The third-order valence-corrected chi connectivity index (χ3v) is 6.49. The first-order valence-electron chi connectivity index (χ1n) is 9.37. The molecule has 2 N–H and O–H groups in total. The summed E-state index contributed by atoms with van der Waals surface area (Å²) >= 11 is 0. The largest absolute Gasteiger partial charge is 0.328 e. The summed E-state index contributed by atoms with van der Waals surface area (Å²) in [5.41, 5.74) is 6.04. The van der Waals surface area contributed by atoms with E-state index in [1.165, 1.54) is 71.1 Å². The van der Waals surface area contributed by atoms with Crippen LogP contribution in [0.5, 0.6) is 0 Å². The first kappa shape index (κ1) is 15.8. The lowest BCUT2D eigenvalue weighted by Crippen LogP contribution is -2.47. The van der Waals surface area contributed by atoms with Crippen molar-refractivity contribution >= 4 is 0 Å². The van der Waals surface area contributed by atoms with Crippen LogP contribution in [0.25, 0.3) is 0 Å². The molecule has 0 bridgehead atoms. The molecule has 122 valence electrons. The van der Waals surface area contributed by atoms with Crippen LogP contribution in [0, 0.1) is 11.8 Å². The van der Waals surface area contributed by atoms with E-state index in [1.54, 1.807) is 0 Å². The molecule has 21 heavy (non-hydrogen) atoms. The average molecular weight is 293 g/mol. The van der Waals surface area contributed by atoms with Gasteiger partial charge >= 0.3 is 0 Å². The van der Waals surface area contributed by atoms with Crippen LogP contribution in [0.2, 0.25) is 0 Å². The van der Waals surface area contributed by atoms with Crippen molar-refractivity contribution < 1.29 is 0 Å². The molecule has 3 fully saturated rings. The Labute approximate surface area is 131 Å². The highest BCUT2D eigenvalue weighted by Gasteiger charge is 2.34. The van der Waals surface area contributed by atoms with Gasteiger partial charge in [-0.3, -0.25) is 9.80 Å². The zero-order valence-electron chi connectivity index (χ0n) is 14.1. The fraction of sp³-hybridized carbons (Fsp3) is 1.00. The Morgan fingerprint density at radius 1 is 0.762 bits per heavy atom. The predicted molar refractivity (Wildman–Crippen MR) is 89.3 cm³/mol. The van der Waals surface area contributed by atoms with Gasteiger partial charge in [0.25, 0.3) is 0 Å². The van der Waals surface area contributed by atoms with E-state index in [4.69, 9.17) is 5.73 Å². The number of nitrogens with two attached hydrogens (primary N) is 1. The smallest absolute Gasteiger partial charge is 0.0235 e. The lowest BCUT2D eigenvalue weighted by molar-refractivity contribution is 0.119. The summed E-state index contributed by atoms with van der Waals surface area (Å²) in [4.78, 5) is 5.54. The maximum Gasteiger partial charge on any atom is 0.0235 e. The van der Waals surface area contributed by atoms with Crippen molar-refractivity contribution in [3.63, 3.8) is 0 Å². The second-order valence-corrected chi connectivity index (χ2v) is 8.12. The highest BCUT2D eigenvalue weighted by atomic mass is 15.3. The predicted octanol–water partition coefficient (Wildman–Crippen LogP) is 2.70. The summed E-state index contributed by atoms with van der Waals surface area (Å²) < 4.78 is 0. The molecule has 2 aliphatic heterocycles. The van der Waals surface area contributed by atoms with Crippen molar-refractivity contribution in [1.29, 1.82) is 0 Å². The lowest BCUT2D eigenvalue weighted by Gasteiger charge is -2.38. The normalized spacial score (nSPS) is 37.4. The van der Waals surface area contributed by atoms with E-state index >= 15 is 0 Å². The Bertz CT molecular complexity index is 314. The van der Waals surface area contributed by atoms with Gasteiger partial charge in [0, 0.05) is 31.2 Å². The van der Waals surface area contributed by atoms with Gasteiger partial charge in [0.1, 0.15) is 0 Å². The summed E-state index contributed by atoms with van der Waals surface area (Å²) in [7, 11) is 0. The molecule has 2 saturated heterocycles. The summed E-state index contributed by atoms with van der Waals surface area (Å²) in [6.07, 6.45) is 9.61. The van der Waals surface area contributed by atoms with Crippen LogP contribution in [0.1, 0.15) is 58.8 Å². The highest BCUT2D eigenvalue weighted by Crippen LogP contribution is 2.34. The van der Waals surface area contributed by atoms with E-state index in [0.717, 1.165) is 23.9 Å². The topological polar surface area (TPSA) is 32.5 Å². The van der Waals surface area contributed by atoms with Gasteiger partial charge in [-0.05, 0) is 69.9 Å². The molecule has 0 amide bonds. The van der Waals surface area contributed by atoms with Crippen molar-refractivity contribution in [2.24, 2.45) is 17.6 Å². The van der Waals surface area contributed by atoms with Gasteiger partial charge in [-0.1, -0.05) is 13.8 Å². The van der Waals surface area contributed by atoms with E-state index in [2.05, 4.69) is 23.6 Å². The molecular weight excluding hydrogens is 258 g/mol. The number of hydrogen-bond acceptors (Lipinski definition) is 3. The summed E-state index contributed by atoms with van der Waals surface area (Å²) in [5, 5.41) is 0. The molecule has 0 aromatic carbocycles. The third-order valence-electron chi connectivity index (χ3n) is 6.49. The van der Waals surface area contributed by atoms with Crippen LogP contribution in [0.4, 0.5) is 0 Å². The fourth-order valence-corrected chi connectivity index (χ4v) is 4.82. The molecule has 1 atom stereocenters. The molecule has 3 rings (SSSR count). The second-order valence-electron chi connectivity index (χ2n) is 8.12. The first-order chi connectivity index (χ1) is 10.1. The number of nitrogens with zero attached hydrogens (tertiary/aromatic N) is 2. The van der Waals surface area contributed by atoms with Gasteiger partial charge in [0.2, 0.25) is 0 Å². The highest BCUT2D eigenvalue weighted by molar-refractivity contribution is 4.91. The minimum Gasteiger partial charge on any atom is -0.328 e. The quantitative estimate of drug-likeness (QED) is 0.868. The Balaban J connectivity index is 1.45. The van der Waals surface area contributed by atoms with Gasteiger partial charge in [-0.25, -0.2) is 0 Å². The van der Waals surface area contributed by atoms with Crippen molar-refractivity contribution in [2.75, 3.05) is 26.2 Å². The van der Waals surface area contributed by atoms with Crippen molar-refractivity contribution in [1.82, 2.24) is 9.80 Å². The van der Waals surface area contributed by atoms with Crippen LogP contribution in [-0.4, -0.2) is 54.1 Å². The molecule has 1 unspecified atom stereocenters. The Morgan fingerprint density at radius 3 is 2.00 bits per heavy atom. The van der Waals surface area contributed by atoms with E-state index in [-0.39, 0.29) is 0 Å². The van der Waals surface area contributed by atoms with Gasteiger partial charge in [0.15, 0.2) is 0 Å². The summed E-state index contributed by atoms with van der Waals surface area (Å²) in [6.45, 7) is 9.94. The first-order valence-corrected chi connectivity index (χ1v) is 9.37. The zero-order chi connectivity index (χ0) is 14.8. The van der Waals surface area contributed by atoms with Crippen LogP contribution < -0.4 is 5.73 Å². The molecule has 0 spiro atoms. The summed E-state index contributed by atoms with van der Waals surface area (Å²) in [6, 6.07) is 2.17. The number of likely N-dealkylation sites (tertiary alicyclic amines) is 2. The van der Waals surface area contributed by atoms with Crippen molar-refractivity contribution in [2.45, 2.75) is 76.9 Å². The number of piperidine rings is 1. The molecular formula is C18H35N3. The SMILES string of the molecule is CC(C)C1CCC(N2CCC(N3CCC(N)CC3)C2)CC1. The maximum absolute atomic E-state index is 6.04. The van der Waals surface area contributed by atoms with Crippen molar-refractivity contribution in [3.8, 4) is 0 Å². The standard InChI is InChI=1S/C18H35N3/c1-14(2)15-3-5-17(6-4-15)21-12-9-18(13-21)20-10-7-16(19)8-11-20/h14-18H,3-13,19H2,1-2H3. The Hall–Kier alpha value is -0.120. The molecule has 1 saturated carbocycles.